The summed E-state index contributed by atoms with van der Waals surface area (Å²) in [6.07, 6.45) is 6.88. The minimum atomic E-state index is 0.814. The predicted octanol–water partition coefficient (Wildman–Crippen LogP) is 4.93. The van der Waals surface area contributed by atoms with Crippen molar-refractivity contribution in [2.75, 3.05) is 19.0 Å². The van der Waals surface area contributed by atoms with Gasteiger partial charge >= 0.3 is 0 Å². The second kappa shape index (κ2) is 6.65. The SMILES string of the molecule is CCC1CCC(CNc2nc3ccc(OC)cc3s2)CC1. The number of ether oxygens (including phenoxy) is 1. The molecule has 1 aliphatic carbocycles. The molecule has 1 aliphatic rings. The van der Waals surface area contributed by atoms with Gasteiger partial charge in [-0.05, 0) is 42.9 Å². The molecule has 3 rings (SSSR count). The molecule has 21 heavy (non-hydrogen) atoms. The van der Waals surface area contributed by atoms with E-state index >= 15 is 0 Å². The number of methoxy groups -OCH3 is 1. The van der Waals surface area contributed by atoms with Gasteiger partial charge in [-0.2, -0.15) is 0 Å². The Kier molecular flexibility index (Phi) is 4.63. The Hall–Kier alpha value is -1.29. The number of benzene rings is 1. The van der Waals surface area contributed by atoms with Crippen LogP contribution in [-0.4, -0.2) is 18.6 Å². The molecular weight excluding hydrogens is 280 g/mol. The van der Waals surface area contributed by atoms with E-state index in [9.17, 15) is 0 Å². The Morgan fingerprint density at radius 1 is 1.24 bits per heavy atom. The van der Waals surface area contributed by atoms with E-state index in [1.54, 1.807) is 18.4 Å². The van der Waals surface area contributed by atoms with Crippen molar-refractivity contribution in [1.82, 2.24) is 4.98 Å². The zero-order valence-electron chi connectivity index (χ0n) is 12.9. The van der Waals surface area contributed by atoms with Crippen LogP contribution in [0.4, 0.5) is 5.13 Å². The van der Waals surface area contributed by atoms with Crippen molar-refractivity contribution in [3.8, 4) is 5.75 Å². The number of hydrogen-bond acceptors (Lipinski definition) is 4. The molecule has 1 aromatic heterocycles. The summed E-state index contributed by atoms with van der Waals surface area (Å²) in [5.74, 6) is 2.68. The highest BCUT2D eigenvalue weighted by Crippen LogP contribution is 2.32. The average Bonchev–Trinajstić information content (AvgIpc) is 2.95. The van der Waals surface area contributed by atoms with Crippen LogP contribution in [0.25, 0.3) is 10.2 Å². The monoisotopic (exact) mass is 304 g/mol. The summed E-state index contributed by atoms with van der Waals surface area (Å²) in [7, 11) is 1.70. The van der Waals surface area contributed by atoms with Gasteiger partial charge in [0.05, 0.1) is 17.3 Å². The lowest BCUT2D eigenvalue weighted by atomic mass is 9.81. The number of aromatic nitrogens is 1. The molecule has 114 valence electrons. The van der Waals surface area contributed by atoms with Crippen LogP contribution < -0.4 is 10.1 Å². The molecular formula is C17H24N2OS. The number of fused-ring (bicyclic) bond motifs is 1. The Bertz CT molecular complexity index is 587. The summed E-state index contributed by atoms with van der Waals surface area (Å²) in [5, 5.41) is 4.58. The first kappa shape index (κ1) is 14.6. The van der Waals surface area contributed by atoms with E-state index in [2.05, 4.69) is 23.3 Å². The zero-order valence-corrected chi connectivity index (χ0v) is 13.7. The molecule has 0 bridgehead atoms. The van der Waals surface area contributed by atoms with Crippen LogP contribution >= 0.6 is 11.3 Å². The molecule has 2 aromatic rings. The lowest BCUT2D eigenvalue weighted by Crippen LogP contribution is -2.20. The molecule has 1 aromatic carbocycles. The molecule has 0 atom stereocenters. The van der Waals surface area contributed by atoms with Gasteiger partial charge < -0.3 is 10.1 Å². The molecule has 3 nitrogen and oxygen atoms in total. The van der Waals surface area contributed by atoms with E-state index in [-0.39, 0.29) is 0 Å². The Labute approximate surface area is 130 Å². The molecule has 0 aliphatic heterocycles. The smallest absolute Gasteiger partial charge is 0.183 e. The van der Waals surface area contributed by atoms with Crippen LogP contribution in [0, 0.1) is 11.8 Å². The fourth-order valence-corrected chi connectivity index (χ4v) is 4.08. The van der Waals surface area contributed by atoms with Crippen molar-refractivity contribution in [2.45, 2.75) is 39.0 Å². The summed E-state index contributed by atoms with van der Waals surface area (Å²) in [4.78, 5) is 4.66. The van der Waals surface area contributed by atoms with Crippen LogP contribution in [0.15, 0.2) is 18.2 Å². The molecule has 1 fully saturated rings. The predicted molar refractivity (Wildman–Crippen MR) is 90.4 cm³/mol. The summed E-state index contributed by atoms with van der Waals surface area (Å²) >= 11 is 1.72. The van der Waals surface area contributed by atoms with E-state index in [0.29, 0.717) is 0 Å². The minimum absolute atomic E-state index is 0.814. The lowest BCUT2D eigenvalue weighted by molar-refractivity contribution is 0.278. The number of rotatable bonds is 5. The van der Waals surface area contributed by atoms with Crippen LogP contribution in [-0.2, 0) is 0 Å². The standard InChI is InChI=1S/C17H24N2OS/c1-3-12-4-6-13(7-5-12)11-18-17-19-15-9-8-14(20-2)10-16(15)21-17/h8-10,12-13H,3-7,11H2,1-2H3,(H,18,19). The first-order valence-electron chi connectivity index (χ1n) is 7.97. The molecule has 0 unspecified atom stereocenters. The topological polar surface area (TPSA) is 34.2 Å². The zero-order chi connectivity index (χ0) is 14.7. The third-order valence-corrected chi connectivity index (χ3v) is 5.66. The van der Waals surface area contributed by atoms with Crippen LogP contribution in [0.1, 0.15) is 39.0 Å². The van der Waals surface area contributed by atoms with Crippen molar-refractivity contribution in [3.63, 3.8) is 0 Å². The Morgan fingerprint density at radius 2 is 2.00 bits per heavy atom. The molecule has 1 saturated carbocycles. The van der Waals surface area contributed by atoms with E-state index in [4.69, 9.17) is 4.74 Å². The third-order valence-electron chi connectivity index (χ3n) is 4.68. The van der Waals surface area contributed by atoms with Gasteiger partial charge in [-0.1, -0.05) is 37.5 Å². The fraction of sp³-hybridized carbons (Fsp3) is 0.588. The molecule has 1 N–H and O–H groups in total. The number of hydrogen-bond donors (Lipinski definition) is 1. The van der Waals surface area contributed by atoms with Crippen LogP contribution in [0.2, 0.25) is 0 Å². The second-order valence-electron chi connectivity index (χ2n) is 6.03. The van der Waals surface area contributed by atoms with Crippen molar-refractivity contribution in [3.05, 3.63) is 18.2 Å². The maximum Gasteiger partial charge on any atom is 0.183 e. The highest BCUT2D eigenvalue weighted by Gasteiger charge is 2.20. The van der Waals surface area contributed by atoms with Crippen molar-refractivity contribution in [2.24, 2.45) is 11.8 Å². The van der Waals surface area contributed by atoms with Gasteiger partial charge in [0.1, 0.15) is 5.75 Å². The Morgan fingerprint density at radius 3 is 2.71 bits per heavy atom. The molecule has 0 radical (unpaired) electrons. The number of anilines is 1. The van der Waals surface area contributed by atoms with Crippen molar-refractivity contribution >= 4 is 26.7 Å². The van der Waals surface area contributed by atoms with Gasteiger partial charge in [0.25, 0.3) is 0 Å². The van der Waals surface area contributed by atoms with E-state index in [0.717, 1.165) is 34.8 Å². The van der Waals surface area contributed by atoms with Gasteiger partial charge in [0.2, 0.25) is 0 Å². The number of thiazole rings is 1. The maximum atomic E-state index is 5.27. The van der Waals surface area contributed by atoms with Gasteiger partial charge in [-0.15, -0.1) is 0 Å². The average molecular weight is 304 g/mol. The summed E-state index contributed by atoms with van der Waals surface area (Å²) in [6.45, 7) is 3.38. The largest absolute Gasteiger partial charge is 0.497 e. The van der Waals surface area contributed by atoms with Crippen LogP contribution in [0.3, 0.4) is 0 Å². The first-order valence-corrected chi connectivity index (χ1v) is 8.78. The Balaban J connectivity index is 1.58. The lowest BCUT2D eigenvalue weighted by Gasteiger charge is -2.27. The fourth-order valence-electron chi connectivity index (χ4n) is 3.18. The van der Waals surface area contributed by atoms with E-state index in [1.807, 2.05) is 12.1 Å². The maximum absolute atomic E-state index is 5.27. The molecule has 0 spiro atoms. The van der Waals surface area contributed by atoms with Gasteiger partial charge in [-0.3, -0.25) is 0 Å². The molecule has 0 amide bonds. The summed E-state index contributed by atoms with van der Waals surface area (Å²) < 4.78 is 6.45. The van der Waals surface area contributed by atoms with Gasteiger partial charge in [0.15, 0.2) is 5.13 Å². The van der Waals surface area contributed by atoms with Crippen molar-refractivity contribution < 1.29 is 4.74 Å². The van der Waals surface area contributed by atoms with Gasteiger partial charge in [-0.25, -0.2) is 4.98 Å². The van der Waals surface area contributed by atoms with E-state index < -0.39 is 0 Å². The normalized spacial score (nSPS) is 22.4. The van der Waals surface area contributed by atoms with Crippen molar-refractivity contribution in [1.29, 1.82) is 0 Å². The van der Waals surface area contributed by atoms with E-state index in [1.165, 1.54) is 36.8 Å². The summed E-state index contributed by atoms with van der Waals surface area (Å²) in [6, 6.07) is 6.06. The van der Waals surface area contributed by atoms with Gasteiger partial charge in [0, 0.05) is 6.54 Å². The quantitative estimate of drug-likeness (QED) is 0.850. The third kappa shape index (κ3) is 3.49. The summed E-state index contributed by atoms with van der Waals surface area (Å²) in [5.41, 5.74) is 1.05. The molecule has 4 heteroatoms. The highest BCUT2D eigenvalue weighted by atomic mass is 32.1. The second-order valence-corrected chi connectivity index (χ2v) is 7.06. The van der Waals surface area contributed by atoms with Crippen LogP contribution in [0.5, 0.6) is 5.75 Å². The number of nitrogens with zero attached hydrogens (tertiary/aromatic N) is 1. The highest BCUT2D eigenvalue weighted by molar-refractivity contribution is 7.22. The molecule has 1 heterocycles. The number of nitrogens with one attached hydrogen (secondary N) is 1. The molecule has 0 saturated heterocycles. The minimum Gasteiger partial charge on any atom is -0.497 e. The first-order chi connectivity index (χ1) is 10.3.